The molecule has 0 heterocycles. The monoisotopic (exact) mass is 131 g/mol. The van der Waals surface area contributed by atoms with E-state index in [1.807, 2.05) is 40.2 Å². The molecule has 0 aromatic heterocycles. The predicted octanol–water partition coefficient (Wildman–Crippen LogP) is 0.160. The van der Waals surface area contributed by atoms with E-state index in [2.05, 4.69) is 5.53 Å². The van der Waals surface area contributed by atoms with E-state index in [-0.39, 0.29) is 0 Å². The zero-order valence-electron chi connectivity index (χ0n) is 6.79. The molecule has 0 saturated heterocycles. The number of hydrogen-bond acceptors (Lipinski definition) is 3. The van der Waals surface area contributed by atoms with E-state index in [4.69, 9.17) is 0 Å². The van der Waals surface area contributed by atoms with Crippen molar-refractivity contribution in [2.75, 3.05) is 35.2 Å². The SMILES string of the molecule is CN(C)[N-]N(C)N(C)C. The van der Waals surface area contributed by atoms with Crippen molar-refractivity contribution in [3.05, 3.63) is 5.53 Å². The largest absolute Gasteiger partial charge is 0.513 e. The van der Waals surface area contributed by atoms with Crippen molar-refractivity contribution < 1.29 is 0 Å². The van der Waals surface area contributed by atoms with Crippen LogP contribution in [0.5, 0.6) is 0 Å². The molecular formula is C5H15N4-. The fraction of sp³-hybridized carbons (Fsp3) is 1.00. The molecule has 9 heavy (non-hydrogen) atoms. The van der Waals surface area contributed by atoms with Crippen LogP contribution in [0.2, 0.25) is 0 Å². The predicted molar refractivity (Wildman–Crippen MR) is 38.5 cm³/mol. The summed E-state index contributed by atoms with van der Waals surface area (Å²) in [5.74, 6) is 0. The quantitative estimate of drug-likeness (QED) is 0.510. The van der Waals surface area contributed by atoms with E-state index in [1.54, 1.807) is 10.1 Å². The molecule has 56 valence electrons. The standard InChI is InChI=1S/C5H15N4/c1-7(2)6-9(5)8(3)4/h1-5H3/q-1. The molecule has 0 aromatic rings. The van der Waals surface area contributed by atoms with E-state index < -0.39 is 0 Å². The van der Waals surface area contributed by atoms with Crippen molar-refractivity contribution in [2.24, 2.45) is 0 Å². The van der Waals surface area contributed by atoms with Crippen molar-refractivity contribution in [1.29, 1.82) is 0 Å². The smallest absolute Gasteiger partial charge is 0.0000127 e. The summed E-state index contributed by atoms with van der Waals surface area (Å²) in [7, 11) is 9.54. The summed E-state index contributed by atoms with van der Waals surface area (Å²) in [4.78, 5) is 0. The third-order valence-corrected chi connectivity index (χ3v) is 0.887. The first kappa shape index (κ1) is 8.84. The van der Waals surface area contributed by atoms with Crippen LogP contribution in [0.3, 0.4) is 0 Å². The molecule has 0 atom stereocenters. The minimum Gasteiger partial charge on any atom is -0.513 e. The van der Waals surface area contributed by atoms with Crippen LogP contribution in [0.4, 0.5) is 0 Å². The maximum Gasteiger partial charge on any atom is -0.0000127 e. The van der Waals surface area contributed by atoms with Gasteiger partial charge < -0.3 is 15.7 Å². The molecular weight excluding hydrogens is 116 g/mol. The molecule has 4 heteroatoms. The third kappa shape index (κ3) is 4.35. The fourth-order valence-corrected chi connectivity index (χ4v) is 0.339. The average molecular weight is 131 g/mol. The number of rotatable bonds is 3. The van der Waals surface area contributed by atoms with Gasteiger partial charge in [0.1, 0.15) is 0 Å². The summed E-state index contributed by atoms with van der Waals surface area (Å²) in [6, 6.07) is 0. The van der Waals surface area contributed by atoms with Gasteiger partial charge in [0.2, 0.25) is 0 Å². The molecule has 0 aromatic carbocycles. The van der Waals surface area contributed by atoms with E-state index in [1.165, 1.54) is 0 Å². The molecule has 0 unspecified atom stereocenters. The highest BCUT2D eigenvalue weighted by molar-refractivity contribution is 4.59. The van der Waals surface area contributed by atoms with Gasteiger partial charge >= 0.3 is 0 Å². The van der Waals surface area contributed by atoms with Crippen molar-refractivity contribution in [3.63, 3.8) is 0 Å². The summed E-state index contributed by atoms with van der Waals surface area (Å²) in [6.45, 7) is 0. The lowest BCUT2D eigenvalue weighted by molar-refractivity contribution is 0.0662. The van der Waals surface area contributed by atoms with Gasteiger partial charge in [-0.3, -0.25) is 5.01 Å². The van der Waals surface area contributed by atoms with Crippen LogP contribution in [0.15, 0.2) is 0 Å². The van der Waals surface area contributed by atoms with Crippen molar-refractivity contribution in [1.82, 2.24) is 15.1 Å². The maximum absolute atomic E-state index is 4.07. The lowest BCUT2D eigenvalue weighted by Gasteiger charge is -2.43. The van der Waals surface area contributed by atoms with E-state index in [0.717, 1.165) is 0 Å². The second kappa shape index (κ2) is 3.79. The van der Waals surface area contributed by atoms with Crippen LogP contribution in [0.1, 0.15) is 0 Å². The van der Waals surface area contributed by atoms with Gasteiger partial charge in [-0.2, -0.15) is 0 Å². The Bertz CT molecular complexity index is 71.4. The van der Waals surface area contributed by atoms with Crippen LogP contribution in [-0.4, -0.2) is 50.4 Å². The van der Waals surface area contributed by atoms with Gasteiger partial charge in [0.05, 0.1) is 0 Å². The summed E-state index contributed by atoms with van der Waals surface area (Å²) in [6.07, 6.45) is 0. The molecule has 0 bridgehead atoms. The van der Waals surface area contributed by atoms with Gasteiger partial charge in [-0.1, -0.05) is 0 Å². The Morgan fingerprint density at radius 2 is 1.33 bits per heavy atom. The molecule has 0 rings (SSSR count). The van der Waals surface area contributed by atoms with Gasteiger partial charge in [0, 0.05) is 0 Å². The Hall–Kier alpha value is -0.160. The van der Waals surface area contributed by atoms with E-state index >= 15 is 0 Å². The summed E-state index contributed by atoms with van der Waals surface area (Å²) >= 11 is 0. The number of hydrogen-bond donors (Lipinski definition) is 0. The highest BCUT2D eigenvalue weighted by atomic mass is 15.9. The van der Waals surface area contributed by atoms with Crippen molar-refractivity contribution >= 4 is 0 Å². The van der Waals surface area contributed by atoms with Crippen LogP contribution >= 0.6 is 0 Å². The second-order valence-corrected chi connectivity index (χ2v) is 2.27. The highest BCUT2D eigenvalue weighted by Crippen LogP contribution is 1.96. The molecule has 0 fully saturated rings. The highest BCUT2D eigenvalue weighted by Gasteiger charge is 1.85. The molecule has 0 radical (unpaired) electrons. The Balaban J connectivity index is 3.38. The van der Waals surface area contributed by atoms with Crippen molar-refractivity contribution in [3.8, 4) is 0 Å². The zero-order chi connectivity index (χ0) is 7.44. The first-order valence-corrected chi connectivity index (χ1v) is 2.84. The Labute approximate surface area is 56.9 Å². The lowest BCUT2D eigenvalue weighted by Crippen LogP contribution is -2.32. The molecule has 0 aliphatic carbocycles. The minimum absolute atomic E-state index is 1.75. The van der Waals surface area contributed by atoms with Gasteiger partial charge in [0.15, 0.2) is 0 Å². The molecule has 0 aliphatic rings. The maximum atomic E-state index is 4.07. The summed E-state index contributed by atoms with van der Waals surface area (Å²) in [5.41, 5.74) is 4.07. The molecule has 0 N–H and O–H groups in total. The van der Waals surface area contributed by atoms with Crippen LogP contribution in [0, 0.1) is 0 Å². The third-order valence-electron chi connectivity index (χ3n) is 0.887. The lowest BCUT2D eigenvalue weighted by atomic mass is 11.1. The number of hydrazine groups is 1. The molecule has 0 aliphatic heterocycles. The Kier molecular flexibility index (Phi) is 3.72. The molecule has 4 nitrogen and oxygen atoms in total. The Morgan fingerprint density at radius 1 is 0.889 bits per heavy atom. The molecule has 0 spiro atoms. The van der Waals surface area contributed by atoms with Gasteiger partial charge in [0.25, 0.3) is 0 Å². The fourth-order valence-electron chi connectivity index (χ4n) is 0.339. The Morgan fingerprint density at radius 3 is 1.44 bits per heavy atom. The van der Waals surface area contributed by atoms with Gasteiger partial charge in [-0.25, -0.2) is 0 Å². The minimum atomic E-state index is 1.75. The summed E-state index contributed by atoms with van der Waals surface area (Å²) in [5, 5.41) is 5.39. The normalized spacial score (nSPS) is 12.0. The van der Waals surface area contributed by atoms with E-state index in [9.17, 15) is 0 Å². The molecule has 0 saturated carbocycles. The van der Waals surface area contributed by atoms with Crippen molar-refractivity contribution in [2.45, 2.75) is 0 Å². The summed E-state index contributed by atoms with van der Waals surface area (Å²) < 4.78 is 0. The van der Waals surface area contributed by atoms with Gasteiger partial charge in [-0.05, 0) is 35.2 Å². The average Bonchev–Trinajstić information content (AvgIpc) is 1.63. The second-order valence-electron chi connectivity index (χ2n) is 2.27. The van der Waals surface area contributed by atoms with Crippen LogP contribution in [0.25, 0.3) is 5.53 Å². The zero-order valence-corrected chi connectivity index (χ0v) is 6.79. The number of nitrogens with zero attached hydrogens (tertiary/aromatic N) is 4. The van der Waals surface area contributed by atoms with Gasteiger partial charge in [-0.15, -0.1) is 0 Å². The first-order chi connectivity index (χ1) is 4.04. The van der Waals surface area contributed by atoms with E-state index in [0.29, 0.717) is 0 Å². The topological polar surface area (TPSA) is 23.8 Å². The van der Waals surface area contributed by atoms with Crippen LogP contribution in [-0.2, 0) is 0 Å². The molecule has 0 amide bonds. The van der Waals surface area contributed by atoms with Crippen LogP contribution < -0.4 is 0 Å². The first-order valence-electron chi connectivity index (χ1n) is 2.84.